The Morgan fingerprint density at radius 3 is 3.06 bits per heavy atom. The molecule has 1 heterocycles. The van der Waals surface area contributed by atoms with Crippen LogP contribution in [0.15, 0.2) is 4.99 Å². The second-order valence-corrected chi connectivity index (χ2v) is 6.85. The highest BCUT2D eigenvalue weighted by molar-refractivity contribution is 8.14. The Kier molecular flexibility index (Phi) is 4.36. The molecular formula is C13H25N3S. The minimum atomic E-state index is 0.374. The van der Waals surface area contributed by atoms with Gasteiger partial charge in [-0.2, -0.15) is 0 Å². The first-order chi connectivity index (χ1) is 8.10. The molecule has 2 fully saturated rings. The summed E-state index contributed by atoms with van der Waals surface area (Å²) in [5.41, 5.74) is 0.374. The highest BCUT2D eigenvalue weighted by Gasteiger charge is 2.40. The van der Waals surface area contributed by atoms with Gasteiger partial charge in [0.05, 0.1) is 6.54 Å². The van der Waals surface area contributed by atoms with Crippen LogP contribution in [0.2, 0.25) is 0 Å². The van der Waals surface area contributed by atoms with Crippen molar-refractivity contribution in [1.82, 2.24) is 10.2 Å². The van der Waals surface area contributed by atoms with Crippen molar-refractivity contribution in [3.63, 3.8) is 0 Å². The lowest BCUT2D eigenvalue weighted by atomic mass is 9.78. The molecule has 1 spiro atoms. The maximum Gasteiger partial charge on any atom is 0.157 e. The highest BCUT2D eigenvalue weighted by atomic mass is 32.2. The number of likely N-dealkylation sites (N-methyl/N-ethyl adjacent to an activating group) is 1. The SMILES string of the molecule is CC1CCCC2(CSC(=NCCN(C)C)N2)C1. The molecule has 4 heteroatoms. The molecule has 3 nitrogen and oxygen atoms in total. The van der Waals surface area contributed by atoms with E-state index in [1.54, 1.807) is 0 Å². The van der Waals surface area contributed by atoms with Crippen LogP contribution >= 0.6 is 11.8 Å². The van der Waals surface area contributed by atoms with Crippen molar-refractivity contribution in [3.8, 4) is 0 Å². The van der Waals surface area contributed by atoms with Crippen molar-refractivity contribution in [3.05, 3.63) is 0 Å². The van der Waals surface area contributed by atoms with Crippen LogP contribution in [0.25, 0.3) is 0 Å². The molecule has 2 atom stereocenters. The molecule has 2 rings (SSSR count). The Morgan fingerprint density at radius 1 is 1.53 bits per heavy atom. The summed E-state index contributed by atoms with van der Waals surface area (Å²) in [6.45, 7) is 4.33. The zero-order chi connectivity index (χ0) is 12.3. The molecule has 0 aromatic heterocycles. The largest absolute Gasteiger partial charge is 0.359 e. The van der Waals surface area contributed by atoms with Crippen LogP contribution in [-0.4, -0.2) is 48.5 Å². The first-order valence-electron chi connectivity index (χ1n) is 6.70. The molecule has 0 amide bonds. The number of rotatable bonds is 3. The predicted octanol–water partition coefficient (Wildman–Crippen LogP) is 2.19. The molecule has 2 unspecified atom stereocenters. The normalized spacial score (nSPS) is 35.8. The summed E-state index contributed by atoms with van der Waals surface area (Å²) >= 11 is 1.92. The second kappa shape index (κ2) is 5.61. The van der Waals surface area contributed by atoms with Crippen LogP contribution in [0.4, 0.5) is 0 Å². The van der Waals surface area contributed by atoms with E-state index in [-0.39, 0.29) is 0 Å². The summed E-state index contributed by atoms with van der Waals surface area (Å²) in [5.74, 6) is 2.09. The number of thioether (sulfide) groups is 1. The summed E-state index contributed by atoms with van der Waals surface area (Å²) in [7, 11) is 4.19. The van der Waals surface area contributed by atoms with Crippen molar-refractivity contribution in [1.29, 1.82) is 0 Å². The molecule has 0 bridgehead atoms. The number of hydrogen-bond donors (Lipinski definition) is 1. The van der Waals surface area contributed by atoms with Crippen LogP contribution in [0.1, 0.15) is 32.6 Å². The van der Waals surface area contributed by atoms with E-state index in [1.165, 1.54) is 36.6 Å². The van der Waals surface area contributed by atoms with Gasteiger partial charge in [0.15, 0.2) is 5.17 Å². The van der Waals surface area contributed by atoms with E-state index >= 15 is 0 Å². The summed E-state index contributed by atoms with van der Waals surface area (Å²) in [5, 5.41) is 4.89. The molecule has 0 aromatic rings. The van der Waals surface area contributed by atoms with E-state index in [4.69, 9.17) is 0 Å². The summed E-state index contributed by atoms with van der Waals surface area (Å²) in [4.78, 5) is 6.85. The van der Waals surface area contributed by atoms with Gasteiger partial charge in [-0.3, -0.25) is 4.99 Å². The molecule has 1 saturated carbocycles. The van der Waals surface area contributed by atoms with E-state index in [0.717, 1.165) is 19.0 Å². The first kappa shape index (κ1) is 13.2. The summed E-state index contributed by atoms with van der Waals surface area (Å²) in [6, 6.07) is 0. The van der Waals surface area contributed by atoms with Crippen LogP contribution < -0.4 is 5.32 Å². The van der Waals surface area contributed by atoms with Crippen molar-refractivity contribution in [2.75, 3.05) is 32.9 Å². The molecule has 17 heavy (non-hydrogen) atoms. The second-order valence-electron chi connectivity index (χ2n) is 5.89. The van der Waals surface area contributed by atoms with E-state index in [1.807, 2.05) is 11.8 Å². The van der Waals surface area contributed by atoms with Crippen LogP contribution in [0.3, 0.4) is 0 Å². The Morgan fingerprint density at radius 2 is 2.35 bits per heavy atom. The predicted molar refractivity (Wildman–Crippen MR) is 76.8 cm³/mol. The fourth-order valence-corrected chi connectivity index (χ4v) is 4.07. The average molecular weight is 255 g/mol. The number of nitrogens with one attached hydrogen (secondary N) is 1. The molecule has 1 N–H and O–H groups in total. The van der Waals surface area contributed by atoms with Gasteiger partial charge in [0.25, 0.3) is 0 Å². The molecule has 1 aliphatic carbocycles. The lowest BCUT2D eigenvalue weighted by Gasteiger charge is -2.36. The van der Waals surface area contributed by atoms with Gasteiger partial charge in [-0.1, -0.05) is 31.5 Å². The van der Waals surface area contributed by atoms with E-state index < -0.39 is 0 Å². The van der Waals surface area contributed by atoms with Crippen LogP contribution in [0, 0.1) is 5.92 Å². The molecular weight excluding hydrogens is 230 g/mol. The molecule has 1 saturated heterocycles. The minimum absolute atomic E-state index is 0.374. The lowest BCUT2D eigenvalue weighted by molar-refractivity contribution is 0.242. The van der Waals surface area contributed by atoms with Crippen LogP contribution in [0.5, 0.6) is 0 Å². The Bertz CT molecular complexity index is 290. The average Bonchev–Trinajstić information content (AvgIpc) is 2.60. The van der Waals surface area contributed by atoms with E-state index in [2.05, 4.69) is 36.2 Å². The third-order valence-corrected chi connectivity index (χ3v) is 4.95. The van der Waals surface area contributed by atoms with Gasteiger partial charge in [0, 0.05) is 17.8 Å². The third-order valence-electron chi connectivity index (χ3n) is 3.75. The monoisotopic (exact) mass is 255 g/mol. The van der Waals surface area contributed by atoms with Gasteiger partial charge >= 0.3 is 0 Å². The Hall–Kier alpha value is -0.220. The van der Waals surface area contributed by atoms with Crippen molar-refractivity contribution in [2.45, 2.75) is 38.1 Å². The molecule has 0 radical (unpaired) electrons. The summed E-state index contributed by atoms with van der Waals surface area (Å²) in [6.07, 6.45) is 5.44. The number of aliphatic imine (C=N–C) groups is 1. The van der Waals surface area contributed by atoms with Crippen LogP contribution in [-0.2, 0) is 0 Å². The van der Waals surface area contributed by atoms with Gasteiger partial charge < -0.3 is 10.2 Å². The number of amidine groups is 1. The Balaban J connectivity index is 1.85. The minimum Gasteiger partial charge on any atom is -0.359 e. The lowest BCUT2D eigenvalue weighted by Crippen LogP contribution is -2.47. The molecule has 1 aliphatic heterocycles. The smallest absolute Gasteiger partial charge is 0.157 e. The molecule has 0 aromatic carbocycles. The van der Waals surface area contributed by atoms with E-state index in [9.17, 15) is 0 Å². The topological polar surface area (TPSA) is 27.6 Å². The summed E-state index contributed by atoms with van der Waals surface area (Å²) < 4.78 is 0. The zero-order valence-electron chi connectivity index (χ0n) is 11.3. The van der Waals surface area contributed by atoms with Gasteiger partial charge in [-0.15, -0.1) is 0 Å². The Labute approximate surface area is 109 Å². The fraction of sp³-hybridized carbons (Fsp3) is 0.923. The number of hydrogen-bond acceptors (Lipinski definition) is 3. The van der Waals surface area contributed by atoms with Gasteiger partial charge in [-0.05, 0) is 32.9 Å². The first-order valence-corrected chi connectivity index (χ1v) is 7.68. The van der Waals surface area contributed by atoms with Gasteiger partial charge in [0.1, 0.15) is 0 Å². The van der Waals surface area contributed by atoms with Gasteiger partial charge in [-0.25, -0.2) is 0 Å². The van der Waals surface area contributed by atoms with Crippen molar-refractivity contribution < 1.29 is 0 Å². The quantitative estimate of drug-likeness (QED) is 0.838. The molecule has 98 valence electrons. The standard InChI is InChI=1S/C13H25N3S/c1-11-5-4-6-13(9-11)10-17-12(15-13)14-7-8-16(2)3/h11H,4-10H2,1-3H3,(H,14,15). The van der Waals surface area contributed by atoms with E-state index in [0.29, 0.717) is 5.54 Å². The maximum atomic E-state index is 4.66. The van der Waals surface area contributed by atoms with Crippen molar-refractivity contribution >= 4 is 16.9 Å². The van der Waals surface area contributed by atoms with Gasteiger partial charge in [0.2, 0.25) is 0 Å². The maximum absolute atomic E-state index is 4.66. The highest BCUT2D eigenvalue weighted by Crippen LogP contribution is 2.38. The third kappa shape index (κ3) is 3.62. The molecule has 2 aliphatic rings. The van der Waals surface area contributed by atoms with Crippen molar-refractivity contribution in [2.24, 2.45) is 10.9 Å². The fourth-order valence-electron chi connectivity index (χ4n) is 2.85. The number of nitrogens with zero attached hydrogens (tertiary/aromatic N) is 2. The zero-order valence-corrected chi connectivity index (χ0v) is 12.1.